The van der Waals surface area contributed by atoms with Crippen LogP contribution in [0.2, 0.25) is 0 Å². The highest BCUT2D eigenvalue weighted by molar-refractivity contribution is 6.51. The van der Waals surface area contributed by atoms with Crippen LogP contribution >= 0.6 is 0 Å². The molecule has 1 amide bonds. The van der Waals surface area contributed by atoms with Crippen LogP contribution < -0.4 is 9.64 Å². The largest absolute Gasteiger partial charge is 0.507 e. The maximum atomic E-state index is 13.3. The summed E-state index contributed by atoms with van der Waals surface area (Å²) >= 11 is 0. The van der Waals surface area contributed by atoms with Gasteiger partial charge in [0.05, 0.1) is 17.7 Å². The lowest BCUT2D eigenvalue weighted by atomic mass is 9.95. The Morgan fingerprint density at radius 3 is 2.03 bits per heavy atom. The molecule has 1 aliphatic rings. The van der Waals surface area contributed by atoms with Crippen molar-refractivity contribution in [2.45, 2.75) is 45.8 Å². The summed E-state index contributed by atoms with van der Waals surface area (Å²) in [7, 11) is 0. The lowest BCUT2D eigenvalue weighted by molar-refractivity contribution is -0.132. The Morgan fingerprint density at radius 1 is 0.853 bits per heavy atom. The number of anilines is 1. The second-order valence-electron chi connectivity index (χ2n) is 9.02. The zero-order valence-corrected chi connectivity index (χ0v) is 19.9. The number of hydrogen-bond donors (Lipinski definition) is 1. The van der Waals surface area contributed by atoms with Gasteiger partial charge in [-0.15, -0.1) is 0 Å². The minimum atomic E-state index is -0.766. The molecule has 1 unspecified atom stereocenters. The number of ether oxygens (including phenoxy) is 1. The summed E-state index contributed by atoms with van der Waals surface area (Å²) in [5.41, 5.74) is 3.00. The van der Waals surface area contributed by atoms with Crippen molar-refractivity contribution in [1.29, 1.82) is 0 Å². The first-order chi connectivity index (χ1) is 16.3. The number of carbonyl (C=O) groups excluding carboxylic acids is 2. The Morgan fingerprint density at radius 2 is 1.47 bits per heavy atom. The highest BCUT2D eigenvalue weighted by Crippen LogP contribution is 2.42. The molecule has 1 saturated heterocycles. The van der Waals surface area contributed by atoms with Crippen LogP contribution in [0.5, 0.6) is 5.75 Å². The number of aliphatic hydroxyl groups excluding tert-OH is 1. The van der Waals surface area contributed by atoms with Crippen molar-refractivity contribution in [3.8, 4) is 5.75 Å². The Labute approximate surface area is 200 Å². The molecule has 1 aliphatic heterocycles. The SMILES string of the molecule is CC(C)Oc1ccc(C2/C(=C(\O)c3ccccc3)C(=O)C(=O)N2c2ccc(C(C)C)cc2)cc1. The van der Waals surface area contributed by atoms with Crippen molar-refractivity contribution < 1.29 is 19.4 Å². The van der Waals surface area contributed by atoms with Crippen LogP contribution in [0.4, 0.5) is 5.69 Å². The predicted octanol–water partition coefficient (Wildman–Crippen LogP) is 6.22. The van der Waals surface area contributed by atoms with Crippen molar-refractivity contribution in [2.24, 2.45) is 0 Å². The average molecular weight is 456 g/mol. The number of carbonyl (C=O) groups is 2. The van der Waals surface area contributed by atoms with E-state index in [1.54, 1.807) is 24.3 Å². The van der Waals surface area contributed by atoms with Crippen LogP contribution in [0.25, 0.3) is 5.76 Å². The fraction of sp³-hybridized carbons (Fsp3) is 0.241. The second-order valence-corrected chi connectivity index (χ2v) is 9.02. The van der Waals surface area contributed by atoms with Gasteiger partial charge in [0, 0.05) is 11.3 Å². The van der Waals surface area contributed by atoms with Crippen LogP contribution in [0.3, 0.4) is 0 Å². The molecule has 1 atom stereocenters. The third-order valence-corrected chi connectivity index (χ3v) is 5.90. The van der Waals surface area contributed by atoms with E-state index in [0.717, 1.165) is 5.56 Å². The molecule has 1 heterocycles. The summed E-state index contributed by atoms with van der Waals surface area (Å²) in [4.78, 5) is 28.0. The normalized spacial score (nSPS) is 17.6. The number of ketones is 1. The zero-order chi connectivity index (χ0) is 24.4. The zero-order valence-electron chi connectivity index (χ0n) is 19.9. The smallest absolute Gasteiger partial charge is 0.300 e. The molecule has 1 N–H and O–H groups in total. The summed E-state index contributed by atoms with van der Waals surface area (Å²) in [6.45, 7) is 8.09. The van der Waals surface area contributed by atoms with Gasteiger partial charge in [-0.1, -0.05) is 68.4 Å². The fourth-order valence-corrected chi connectivity index (χ4v) is 4.19. The molecule has 0 aliphatic carbocycles. The topological polar surface area (TPSA) is 66.8 Å². The Hall–Kier alpha value is -3.86. The van der Waals surface area contributed by atoms with E-state index in [2.05, 4.69) is 13.8 Å². The van der Waals surface area contributed by atoms with E-state index in [4.69, 9.17) is 4.74 Å². The summed E-state index contributed by atoms with van der Waals surface area (Å²) in [6, 6.07) is 23.0. The van der Waals surface area contributed by atoms with Crippen LogP contribution in [0, 0.1) is 0 Å². The quantitative estimate of drug-likeness (QED) is 0.272. The molecule has 5 nitrogen and oxygen atoms in total. The Kier molecular flexibility index (Phi) is 6.55. The number of rotatable bonds is 6. The van der Waals surface area contributed by atoms with Gasteiger partial charge in [-0.2, -0.15) is 0 Å². The second kappa shape index (κ2) is 9.56. The molecule has 0 saturated carbocycles. The minimum absolute atomic E-state index is 0.0223. The number of hydrogen-bond acceptors (Lipinski definition) is 4. The van der Waals surface area contributed by atoms with Crippen LogP contribution in [0.1, 0.15) is 56.3 Å². The summed E-state index contributed by atoms with van der Waals surface area (Å²) in [5.74, 6) is -0.524. The molecule has 3 aromatic carbocycles. The molecule has 3 aromatic rings. The lowest BCUT2D eigenvalue weighted by Gasteiger charge is -2.26. The van der Waals surface area contributed by atoms with E-state index in [0.29, 0.717) is 28.5 Å². The van der Waals surface area contributed by atoms with E-state index in [1.807, 2.05) is 68.4 Å². The molecule has 34 heavy (non-hydrogen) atoms. The average Bonchev–Trinajstić information content (AvgIpc) is 3.09. The van der Waals surface area contributed by atoms with E-state index >= 15 is 0 Å². The first-order valence-electron chi connectivity index (χ1n) is 11.5. The monoisotopic (exact) mass is 455 g/mol. The predicted molar refractivity (Wildman–Crippen MR) is 134 cm³/mol. The number of nitrogens with zero attached hydrogens (tertiary/aromatic N) is 1. The number of amides is 1. The molecule has 0 radical (unpaired) electrons. The third-order valence-electron chi connectivity index (χ3n) is 5.90. The Bertz CT molecular complexity index is 1210. The standard InChI is InChI=1S/C29H29NO4/c1-18(2)20-10-14-23(15-11-20)30-26(21-12-16-24(17-13-21)34-19(3)4)25(28(32)29(30)33)27(31)22-8-6-5-7-9-22/h5-19,26,31H,1-4H3/b27-25+. The van der Waals surface area contributed by atoms with Gasteiger partial charge in [0.25, 0.3) is 11.7 Å². The van der Waals surface area contributed by atoms with Gasteiger partial charge >= 0.3 is 0 Å². The summed E-state index contributed by atoms with van der Waals surface area (Å²) in [5, 5.41) is 11.2. The van der Waals surface area contributed by atoms with Gasteiger partial charge in [0.2, 0.25) is 0 Å². The van der Waals surface area contributed by atoms with Gasteiger partial charge in [0.15, 0.2) is 0 Å². The molecule has 174 valence electrons. The first kappa shape index (κ1) is 23.3. The van der Waals surface area contributed by atoms with E-state index in [-0.39, 0.29) is 17.4 Å². The van der Waals surface area contributed by atoms with Gasteiger partial charge in [-0.05, 0) is 55.2 Å². The van der Waals surface area contributed by atoms with Crippen LogP contribution in [-0.2, 0) is 9.59 Å². The maximum absolute atomic E-state index is 13.3. The van der Waals surface area contributed by atoms with Gasteiger partial charge < -0.3 is 9.84 Å². The molecule has 5 heteroatoms. The summed E-state index contributed by atoms with van der Waals surface area (Å²) < 4.78 is 5.76. The maximum Gasteiger partial charge on any atom is 0.300 e. The van der Waals surface area contributed by atoms with E-state index in [9.17, 15) is 14.7 Å². The number of benzene rings is 3. The van der Waals surface area contributed by atoms with Crippen molar-refractivity contribution >= 4 is 23.1 Å². The lowest BCUT2D eigenvalue weighted by Crippen LogP contribution is -2.29. The Balaban J connectivity index is 1.86. The number of Topliss-reactive ketones (excluding diaryl/α,β-unsaturated/α-hetero) is 1. The van der Waals surface area contributed by atoms with Gasteiger partial charge in [-0.25, -0.2) is 0 Å². The van der Waals surface area contributed by atoms with Crippen molar-refractivity contribution in [3.63, 3.8) is 0 Å². The molecule has 0 aromatic heterocycles. The van der Waals surface area contributed by atoms with E-state index < -0.39 is 17.7 Å². The first-order valence-corrected chi connectivity index (χ1v) is 11.5. The molecular weight excluding hydrogens is 426 g/mol. The minimum Gasteiger partial charge on any atom is -0.507 e. The van der Waals surface area contributed by atoms with E-state index in [1.165, 1.54) is 4.90 Å². The van der Waals surface area contributed by atoms with Gasteiger partial charge in [0.1, 0.15) is 11.5 Å². The molecule has 1 fully saturated rings. The number of aliphatic hydroxyl groups is 1. The van der Waals surface area contributed by atoms with Crippen LogP contribution in [0.15, 0.2) is 84.4 Å². The van der Waals surface area contributed by atoms with Gasteiger partial charge in [-0.3, -0.25) is 14.5 Å². The third kappa shape index (κ3) is 4.46. The highest BCUT2D eigenvalue weighted by Gasteiger charge is 2.46. The molecule has 0 spiro atoms. The molecule has 4 rings (SSSR count). The van der Waals surface area contributed by atoms with Crippen LogP contribution in [-0.4, -0.2) is 22.9 Å². The summed E-state index contributed by atoms with van der Waals surface area (Å²) in [6.07, 6.45) is 0.0223. The van der Waals surface area contributed by atoms with Crippen molar-refractivity contribution in [1.82, 2.24) is 0 Å². The van der Waals surface area contributed by atoms with Crippen molar-refractivity contribution in [2.75, 3.05) is 4.90 Å². The van der Waals surface area contributed by atoms with Crippen molar-refractivity contribution in [3.05, 3.63) is 101 Å². The fourth-order valence-electron chi connectivity index (χ4n) is 4.19. The molecule has 0 bridgehead atoms. The highest BCUT2D eigenvalue weighted by atomic mass is 16.5. The molecular formula is C29H29NO4.